The first-order valence-corrected chi connectivity index (χ1v) is 9.44. The van der Waals surface area contributed by atoms with Crippen molar-refractivity contribution in [1.29, 1.82) is 0 Å². The predicted molar refractivity (Wildman–Crippen MR) is 108 cm³/mol. The van der Waals surface area contributed by atoms with Crippen LogP contribution in [-0.4, -0.2) is 15.8 Å². The molecule has 8 nitrogen and oxygen atoms in total. The molecule has 0 fully saturated rings. The highest BCUT2D eigenvalue weighted by Crippen LogP contribution is 2.27. The van der Waals surface area contributed by atoms with E-state index < -0.39 is 10.8 Å². The molecule has 4 aromatic rings. The SMILES string of the molecule is Cc1ccc2nc(NC(=O)c3ccc(COc4ccc([N+](=O)[O-])cc4)o3)sc2c1. The first-order valence-electron chi connectivity index (χ1n) is 8.62. The van der Waals surface area contributed by atoms with E-state index in [1.807, 2.05) is 25.1 Å². The van der Waals surface area contributed by atoms with Gasteiger partial charge in [-0.15, -0.1) is 0 Å². The second-order valence-electron chi connectivity index (χ2n) is 6.25. The molecule has 4 rings (SSSR count). The summed E-state index contributed by atoms with van der Waals surface area (Å²) in [5.74, 6) is 0.654. The van der Waals surface area contributed by atoms with Gasteiger partial charge in [0.15, 0.2) is 10.9 Å². The van der Waals surface area contributed by atoms with Crippen LogP contribution >= 0.6 is 11.3 Å². The van der Waals surface area contributed by atoms with Gasteiger partial charge in [-0.05, 0) is 48.9 Å². The fraction of sp³-hybridized carbons (Fsp3) is 0.100. The van der Waals surface area contributed by atoms with Gasteiger partial charge >= 0.3 is 0 Å². The highest BCUT2D eigenvalue weighted by molar-refractivity contribution is 7.22. The minimum Gasteiger partial charge on any atom is -0.486 e. The molecular weight excluding hydrogens is 394 g/mol. The van der Waals surface area contributed by atoms with Gasteiger partial charge in [-0.3, -0.25) is 20.2 Å². The molecule has 0 radical (unpaired) electrons. The third-order valence-corrected chi connectivity index (χ3v) is 5.01. The first kappa shape index (κ1) is 18.6. The first-order chi connectivity index (χ1) is 14.0. The van der Waals surface area contributed by atoms with Gasteiger partial charge in [0, 0.05) is 12.1 Å². The Morgan fingerprint density at radius 2 is 2.00 bits per heavy atom. The maximum atomic E-state index is 12.4. The molecule has 0 aliphatic rings. The number of carbonyl (C=O) groups is 1. The maximum absolute atomic E-state index is 12.4. The predicted octanol–water partition coefficient (Wildman–Crippen LogP) is 4.94. The fourth-order valence-corrected chi connectivity index (χ4v) is 3.60. The molecule has 2 heterocycles. The molecule has 1 N–H and O–H groups in total. The summed E-state index contributed by atoms with van der Waals surface area (Å²) < 4.78 is 12.1. The molecule has 0 aliphatic carbocycles. The third-order valence-electron chi connectivity index (χ3n) is 4.08. The van der Waals surface area contributed by atoms with Crippen LogP contribution in [0, 0.1) is 17.0 Å². The number of nitrogens with one attached hydrogen (secondary N) is 1. The number of ether oxygens (including phenoxy) is 1. The number of anilines is 1. The van der Waals surface area contributed by atoms with E-state index in [9.17, 15) is 14.9 Å². The second-order valence-corrected chi connectivity index (χ2v) is 7.28. The highest BCUT2D eigenvalue weighted by atomic mass is 32.1. The number of nitro benzene ring substituents is 1. The van der Waals surface area contributed by atoms with Gasteiger partial charge in [0.2, 0.25) is 0 Å². The van der Waals surface area contributed by atoms with Gasteiger partial charge in [-0.25, -0.2) is 4.98 Å². The Morgan fingerprint density at radius 1 is 1.21 bits per heavy atom. The largest absolute Gasteiger partial charge is 0.486 e. The Labute approximate surface area is 168 Å². The zero-order chi connectivity index (χ0) is 20.4. The topological polar surface area (TPSA) is 108 Å². The molecule has 0 aliphatic heterocycles. The number of hydrogen-bond acceptors (Lipinski definition) is 7. The lowest BCUT2D eigenvalue weighted by molar-refractivity contribution is -0.384. The number of hydrogen-bond donors (Lipinski definition) is 1. The fourth-order valence-electron chi connectivity index (χ4n) is 2.64. The molecule has 1 amide bonds. The number of rotatable bonds is 6. The van der Waals surface area contributed by atoms with Crippen molar-refractivity contribution in [3.8, 4) is 5.75 Å². The standard InChI is InChI=1S/C20H15N3O5S/c1-12-2-8-16-18(10-12)29-20(21-16)22-19(24)17-9-7-15(28-17)11-27-14-5-3-13(4-6-14)23(25)26/h2-10H,11H2,1H3,(H,21,22,24). The van der Waals surface area contributed by atoms with Crippen molar-refractivity contribution in [2.75, 3.05) is 5.32 Å². The minimum absolute atomic E-state index is 0.0145. The molecule has 0 saturated heterocycles. The van der Waals surface area contributed by atoms with Crippen molar-refractivity contribution in [2.24, 2.45) is 0 Å². The van der Waals surface area contributed by atoms with Crippen LogP contribution in [0.1, 0.15) is 21.9 Å². The molecule has 29 heavy (non-hydrogen) atoms. The van der Waals surface area contributed by atoms with Gasteiger partial charge < -0.3 is 9.15 Å². The van der Waals surface area contributed by atoms with Crippen LogP contribution in [0.4, 0.5) is 10.8 Å². The Hall–Kier alpha value is -3.72. The Morgan fingerprint density at radius 3 is 2.76 bits per heavy atom. The van der Waals surface area contributed by atoms with Crippen LogP contribution in [0.2, 0.25) is 0 Å². The number of amides is 1. The van der Waals surface area contributed by atoms with Crippen molar-refractivity contribution in [3.05, 3.63) is 81.8 Å². The van der Waals surface area contributed by atoms with E-state index in [1.54, 1.807) is 12.1 Å². The van der Waals surface area contributed by atoms with Gasteiger partial charge in [-0.2, -0.15) is 0 Å². The number of nitro groups is 1. The Balaban J connectivity index is 1.38. The van der Waals surface area contributed by atoms with Gasteiger partial charge in [-0.1, -0.05) is 17.4 Å². The van der Waals surface area contributed by atoms with Crippen LogP contribution in [0.5, 0.6) is 5.75 Å². The van der Waals surface area contributed by atoms with Crippen LogP contribution < -0.4 is 10.1 Å². The van der Waals surface area contributed by atoms with E-state index in [0.29, 0.717) is 16.6 Å². The molecule has 2 aromatic carbocycles. The lowest BCUT2D eigenvalue weighted by Crippen LogP contribution is -2.10. The monoisotopic (exact) mass is 409 g/mol. The number of non-ortho nitro benzene ring substituents is 1. The summed E-state index contributed by atoms with van der Waals surface area (Å²) in [6.45, 7) is 2.09. The molecule has 0 unspecified atom stereocenters. The van der Waals surface area contributed by atoms with Gasteiger partial charge in [0.05, 0.1) is 15.1 Å². The van der Waals surface area contributed by atoms with E-state index in [0.717, 1.165) is 15.8 Å². The lowest BCUT2D eigenvalue weighted by atomic mass is 10.2. The molecule has 0 saturated carbocycles. The number of thiazole rings is 1. The number of fused-ring (bicyclic) bond motifs is 1. The Kier molecular flexibility index (Phi) is 4.96. The van der Waals surface area contributed by atoms with E-state index >= 15 is 0 Å². The van der Waals surface area contributed by atoms with Crippen molar-refractivity contribution in [3.63, 3.8) is 0 Å². The molecule has 0 bridgehead atoms. The second kappa shape index (κ2) is 7.72. The smallest absolute Gasteiger partial charge is 0.293 e. The molecule has 2 aromatic heterocycles. The number of benzene rings is 2. The van der Waals surface area contributed by atoms with E-state index in [1.165, 1.54) is 35.6 Å². The number of nitrogens with zero attached hydrogens (tertiary/aromatic N) is 2. The third kappa shape index (κ3) is 4.25. The summed E-state index contributed by atoms with van der Waals surface area (Å²) in [7, 11) is 0. The molecule has 0 atom stereocenters. The van der Waals surface area contributed by atoms with E-state index in [-0.39, 0.29) is 18.1 Å². The zero-order valence-corrected chi connectivity index (χ0v) is 16.1. The van der Waals surface area contributed by atoms with Crippen molar-refractivity contribution in [1.82, 2.24) is 4.98 Å². The molecule has 146 valence electrons. The summed E-state index contributed by atoms with van der Waals surface area (Å²) >= 11 is 1.39. The van der Waals surface area contributed by atoms with Gasteiger partial charge in [0.1, 0.15) is 18.1 Å². The van der Waals surface area contributed by atoms with E-state index in [2.05, 4.69) is 10.3 Å². The summed E-state index contributed by atoms with van der Waals surface area (Å²) in [6, 6.07) is 14.8. The molecule has 9 heteroatoms. The van der Waals surface area contributed by atoms with Crippen LogP contribution in [0.15, 0.2) is 59.0 Å². The van der Waals surface area contributed by atoms with Crippen LogP contribution in [-0.2, 0) is 6.61 Å². The van der Waals surface area contributed by atoms with Crippen molar-refractivity contribution < 1.29 is 18.9 Å². The number of furan rings is 1. The zero-order valence-electron chi connectivity index (χ0n) is 15.2. The molecule has 0 spiro atoms. The summed E-state index contributed by atoms with van der Waals surface area (Å²) in [5, 5.41) is 13.9. The number of carbonyl (C=O) groups excluding carboxylic acids is 1. The van der Waals surface area contributed by atoms with Crippen LogP contribution in [0.25, 0.3) is 10.2 Å². The molecular formula is C20H15N3O5S. The Bertz CT molecular complexity index is 1200. The number of aromatic nitrogens is 1. The summed E-state index contributed by atoms with van der Waals surface area (Å²) in [5.41, 5.74) is 1.94. The maximum Gasteiger partial charge on any atom is 0.293 e. The average Bonchev–Trinajstić information content (AvgIpc) is 3.33. The van der Waals surface area contributed by atoms with E-state index in [4.69, 9.17) is 9.15 Å². The number of aryl methyl sites for hydroxylation is 1. The summed E-state index contributed by atoms with van der Waals surface area (Å²) in [6.07, 6.45) is 0. The summed E-state index contributed by atoms with van der Waals surface area (Å²) in [4.78, 5) is 27.0. The average molecular weight is 409 g/mol. The normalized spacial score (nSPS) is 10.8. The van der Waals surface area contributed by atoms with Crippen molar-refractivity contribution >= 4 is 38.3 Å². The highest BCUT2D eigenvalue weighted by Gasteiger charge is 2.14. The van der Waals surface area contributed by atoms with Crippen LogP contribution in [0.3, 0.4) is 0 Å². The quantitative estimate of drug-likeness (QED) is 0.357. The van der Waals surface area contributed by atoms with Crippen molar-refractivity contribution in [2.45, 2.75) is 13.5 Å². The lowest BCUT2D eigenvalue weighted by Gasteiger charge is -2.03. The minimum atomic E-state index is -0.478. The van der Waals surface area contributed by atoms with Gasteiger partial charge in [0.25, 0.3) is 11.6 Å².